The molecule has 4 aromatic rings. The lowest BCUT2D eigenvalue weighted by Gasteiger charge is -2.17. The van der Waals surface area contributed by atoms with Crippen LogP contribution in [0.5, 0.6) is 5.75 Å². The summed E-state index contributed by atoms with van der Waals surface area (Å²) in [6.07, 6.45) is 0.693. The molecule has 11 heteroatoms. The molecule has 0 spiro atoms. The highest BCUT2D eigenvalue weighted by atomic mass is 19.4. The third kappa shape index (κ3) is 6.96. The lowest BCUT2D eigenvalue weighted by Crippen LogP contribution is -2.28. The summed E-state index contributed by atoms with van der Waals surface area (Å²) in [7, 11) is 0. The van der Waals surface area contributed by atoms with Crippen LogP contribution in [0.3, 0.4) is 0 Å². The van der Waals surface area contributed by atoms with Crippen molar-refractivity contribution in [1.29, 1.82) is 0 Å². The number of ether oxygens (including phenoxy) is 1. The molecular formula is C31H31F3N4O4. The van der Waals surface area contributed by atoms with Gasteiger partial charge in [-0.3, -0.25) is 18.9 Å². The molecule has 42 heavy (non-hydrogen) atoms. The van der Waals surface area contributed by atoms with E-state index in [-0.39, 0.29) is 17.9 Å². The third-order valence-electron chi connectivity index (χ3n) is 6.62. The Bertz CT molecular complexity index is 1710. The topological polar surface area (TPSA) is 103 Å². The largest absolute Gasteiger partial charge is 0.484 e. The van der Waals surface area contributed by atoms with Gasteiger partial charge in [-0.15, -0.1) is 0 Å². The molecule has 2 aromatic heterocycles. The highest BCUT2D eigenvalue weighted by molar-refractivity contribution is 6.03. The van der Waals surface area contributed by atoms with Gasteiger partial charge in [0.05, 0.1) is 17.8 Å². The highest BCUT2D eigenvalue weighted by Crippen LogP contribution is 2.29. The van der Waals surface area contributed by atoms with Crippen LogP contribution in [0.25, 0.3) is 22.3 Å². The SMILES string of the molecule is C/C=C(\C(=C/C)c1noc(=O)[nH]1)c1ccc(Cn2c(CCC)nc(C)c(-c3ccc(OCC(F)(F)F)cc3)c2=O)cc1. The lowest BCUT2D eigenvalue weighted by atomic mass is 9.96. The van der Waals surface area contributed by atoms with E-state index in [1.165, 1.54) is 12.1 Å². The van der Waals surface area contributed by atoms with Crippen molar-refractivity contribution >= 4 is 11.1 Å². The van der Waals surface area contributed by atoms with Crippen LogP contribution in [0, 0.1) is 6.92 Å². The van der Waals surface area contributed by atoms with Crippen molar-refractivity contribution < 1.29 is 22.4 Å². The van der Waals surface area contributed by atoms with E-state index in [4.69, 9.17) is 9.72 Å². The summed E-state index contributed by atoms with van der Waals surface area (Å²) < 4.78 is 48.7. The number of nitrogens with one attached hydrogen (secondary N) is 1. The van der Waals surface area contributed by atoms with Crippen LogP contribution in [0.4, 0.5) is 13.2 Å². The van der Waals surface area contributed by atoms with E-state index in [1.54, 1.807) is 23.6 Å². The molecule has 4 rings (SSSR count). The molecule has 0 radical (unpaired) electrons. The Morgan fingerprint density at radius 1 is 1.02 bits per heavy atom. The summed E-state index contributed by atoms with van der Waals surface area (Å²) in [5.41, 5.74) is 4.54. The molecular weight excluding hydrogens is 549 g/mol. The first-order valence-corrected chi connectivity index (χ1v) is 13.4. The van der Waals surface area contributed by atoms with Crippen LogP contribution in [0.1, 0.15) is 55.7 Å². The van der Waals surface area contributed by atoms with Gasteiger partial charge in [0, 0.05) is 12.0 Å². The number of hydrogen-bond acceptors (Lipinski definition) is 6. The standard InChI is InChI=1S/C31H31F3N4O4/c1-5-8-26-35-19(4)27(22-13-15-23(16-14-22)41-18-31(32,33)34)29(39)38(26)17-20-9-11-21(12-10-20)24(6-2)25(7-3)28-36-30(40)42-37-28/h6-7,9-16H,5,8,17-18H2,1-4H3,(H,36,37,40)/b24-6-,25-7+. The molecule has 0 bridgehead atoms. The Labute approximate surface area is 240 Å². The summed E-state index contributed by atoms with van der Waals surface area (Å²) >= 11 is 0. The van der Waals surface area contributed by atoms with Crippen molar-refractivity contribution in [2.24, 2.45) is 0 Å². The highest BCUT2D eigenvalue weighted by Gasteiger charge is 2.28. The van der Waals surface area contributed by atoms with Gasteiger partial charge in [-0.25, -0.2) is 9.78 Å². The molecule has 0 saturated carbocycles. The van der Waals surface area contributed by atoms with Gasteiger partial charge in [0.1, 0.15) is 11.6 Å². The number of halogens is 3. The number of aromatic nitrogens is 4. The maximum Gasteiger partial charge on any atom is 0.439 e. The maximum atomic E-state index is 13.8. The first kappa shape index (κ1) is 30.3. The number of hydrogen-bond donors (Lipinski definition) is 1. The zero-order valence-electron chi connectivity index (χ0n) is 23.7. The molecule has 0 aliphatic rings. The maximum absolute atomic E-state index is 13.8. The molecule has 0 fully saturated rings. The molecule has 8 nitrogen and oxygen atoms in total. The van der Waals surface area contributed by atoms with Crippen molar-refractivity contribution in [3.8, 4) is 16.9 Å². The Balaban J connectivity index is 1.65. The number of allylic oxidation sites excluding steroid dienone is 4. The van der Waals surface area contributed by atoms with Gasteiger partial charge in [-0.05, 0) is 61.6 Å². The van der Waals surface area contributed by atoms with E-state index in [9.17, 15) is 22.8 Å². The summed E-state index contributed by atoms with van der Waals surface area (Å²) in [4.78, 5) is 32.6. The van der Waals surface area contributed by atoms with Gasteiger partial charge in [-0.2, -0.15) is 13.2 Å². The third-order valence-corrected chi connectivity index (χ3v) is 6.62. The van der Waals surface area contributed by atoms with Crippen molar-refractivity contribution in [1.82, 2.24) is 19.7 Å². The van der Waals surface area contributed by atoms with Gasteiger partial charge in [0.15, 0.2) is 12.4 Å². The molecule has 0 unspecified atom stereocenters. The Hall–Kier alpha value is -4.67. The molecule has 2 heterocycles. The molecule has 1 N–H and O–H groups in total. The summed E-state index contributed by atoms with van der Waals surface area (Å²) in [5.74, 6) is 0.397. The predicted octanol–water partition coefficient (Wildman–Crippen LogP) is 6.34. The fourth-order valence-electron chi connectivity index (χ4n) is 4.73. The van der Waals surface area contributed by atoms with Crippen LogP contribution in [-0.4, -0.2) is 32.5 Å². The summed E-state index contributed by atoms with van der Waals surface area (Å²) in [5, 5.41) is 3.81. The van der Waals surface area contributed by atoms with E-state index in [1.807, 2.05) is 57.2 Å². The smallest absolute Gasteiger partial charge is 0.439 e. The van der Waals surface area contributed by atoms with Crippen LogP contribution >= 0.6 is 0 Å². The second-order valence-corrected chi connectivity index (χ2v) is 9.60. The molecule has 220 valence electrons. The Kier molecular flexibility index (Phi) is 9.29. The minimum absolute atomic E-state index is 0.0567. The minimum atomic E-state index is -4.44. The number of rotatable bonds is 10. The summed E-state index contributed by atoms with van der Waals surface area (Å²) in [6.45, 7) is 6.37. The number of H-pyrrole nitrogens is 1. The van der Waals surface area contributed by atoms with Crippen molar-refractivity contribution in [3.63, 3.8) is 0 Å². The molecule has 2 aromatic carbocycles. The summed E-state index contributed by atoms with van der Waals surface area (Å²) in [6, 6.07) is 13.7. The zero-order chi connectivity index (χ0) is 30.4. The Morgan fingerprint density at radius 2 is 1.69 bits per heavy atom. The van der Waals surface area contributed by atoms with Crippen LogP contribution < -0.4 is 16.1 Å². The van der Waals surface area contributed by atoms with Gasteiger partial charge in [-0.1, -0.05) is 60.6 Å². The van der Waals surface area contributed by atoms with E-state index >= 15 is 0 Å². The molecule has 0 amide bonds. The van der Waals surface area contributed by atoms with Gasteiger partial charge in [0.25, 0.3) is 5.56 Å². The predicted molar refractivity (Wildman–Crippen MR) is 154 cm³/mol. The monoisotopic (exact) mass is 580 g/mol. The molecule has 0 aliphatic carbocycles. The van der Waals surface area contributed by atoms with Gasteiger partial charge < -0.3 is 4.74 Å². The first-order valence-electron chi connectivity index (χ1n) is 13.4. The first-order chi connectivity index (χ1) is 20.0. The second kappa shape index (κ2) is 12.9. The minimum Gasteiger partial charge on any atom is -0.484 e. The number of alkyl halides is 3. The van der Waals surface area contributed by atoms with Crippen LogP contribution in [-0.2, 0) is 13.0 Å². The lowest BCUT2D eigenvalue weighted by molar-refractivity contribution is -0.153. The number of benzene rings is 2. The molecule has 0 aliphatic heterocycles. The van der Waals surface area contributed by atoms with E-state index < -0.39 is 18.5 Å². The number of nitrogens with zero attached hydrogens (tertiary/aromatic N) is 3. The van der Waals surface area contributed by atoms with E-state index in [2.05, 4.69) is 14.7 Å². The number of aromatic amines is 1. The van der Waals surface area contributed by atoms with Crippen molar-refractivity contribution in [2.45, 2.75) is 53.3 Å². The van der Waals surface area contributed by atoms with Gasteiger partial charge >= 0.3 is 11.9 Å². The second-order valence-electron chi connectivity index (χ2n) is 9.60. The normalized spacial score (nSPS) is 12.5. The van der Waals surface area contributed by atoms with E-state index in [0.29, 0.717) is 40.5 Å². The van der Waals surface area contributed by atoms with Gasteiger partial charge in [0.2, 0.25) is 0 Å². The van der Waals surface area contributed by atoms with Crippen molar-refractivity contribution in [2.75, 3.05) is 6.61 Å². The molecule has 0 atom stereocenters. The van der Waals surface area contributed by atoms with E-state index in [0.717, 1.165) is 23.1 Å². The molecule has 0 saturated heterocycles. The van der Waals surface area contributed by atoms with Crippen molar-refractivity contribution in [3.05, 3.63) is 110 Å². The quantitative estimate of drug-likeness (QED) is 0.220. The zero-order valence-corrected chi connectivity index (χ0v) is 23.7. The fourth-order valence-corrected chi connectivity index (χ4v) is 4.73. The number of aryl methyl sites for hydroxylation is 2. The average molecular weight is 581 g/mol. The van der Waals surface area contributed by atoms with Crippen LogP contribution in [0.2, 0.25) is 0 Å². The average Bonchev–Trinajstić information content (AvgIpc) is 3.39. The Morgan fingerprint density at radius 3 is 2.24 bits per heavy atom. The fraction of sp³-hybridized carbons (Fsp3) is 0.290. The van der Waals surface area contributed by atoms with Crippen LogP contribution in [0.15, 0.2) is 74.8 Å².